The second-order valence-electron chi connectivity index (χ2n) is 4.22. The summed E-state index contributed by atoms with van der Waals surface area (Å²) in [5.74, 6) is 0. The van der Waals surface area contributed by atoms with Gasteiger partial charge in [-0.3, -0.25) is 0 Å². The van der Waals surface area contributed by atoms with Gasteiger partial charge in [-0.15, -0.1) is 0 Å². The molecular weight excluding hydrogens is 154 g/mol. The molecule has 0 bridgehead atoms. The maximum atomic E-state index is 10.2. The molecule has 1 atom stereocenters. The molecule has 3 nitrogen and oxygen atoms in total. The lowest BCUT2D eigenvalue weighted by atomic mass is 9.78. The van der Waals surface area contributed by atoms with Crippen LogP contribution in [0.25, 0.3) is 0 Å². The summed E-state index contributed by atoms with van der Waals surface area (Å²) >= 11 is 0. The lowest BCUT2D eigenvalue weighted by molar-refractivity contribution is -0.0375. The van der Waals surface area contributed by atoms with E-state index >= 15 is 0 Å². The van der Waals surface area contributed by atoms with Crippen molar-refractivity contribution in [1.29, 1.82) is 0 Å². The van der Waals surface area contributed by atoms with Gasteiger partial charge in [-0.05, 0) is 26.7 Å². The molecule has 0 saturated carbocycles. The summed E-state index contributed by atoms with van der Waals surface area (Å²) in [6, 6.07) is 0. The van der Waals surface area contributed by atoms with E-state index in [1.807, 2.05) is 13.8 Å². The second-order valence-corrected chi connectivity index (χ2v) is 4.22. The standard InChI is InChI=1S/C9H19NO2/c1-8(2,10)9(11)4-3-6-12-7-5-9/h11H,3-7,10H2,1-2H3. The molecule has 1 aliphatic rings. The van der Waals surface area contributed by atoms with Crippen LogP contribution in [0.2, 0.25) is 0 Å². The molecule has 0 aromatic heterocycles. The molecule has 3 heteroatoms. The van der Waals surface area contributed by atoms with E-state index in [4.69, 9.17) is 10.5 Å². The topological polar surface area (TPSA) is 55.5 Å². The van der Waals surface area contributed by atoms with Crippen LogP contribution in [-0.4, -0.2) is 29.5 Å². The van der Waals surface area contributed by atoms with Gasteiger partial charge in [0.25, 0.3) is 0 Å². The molecule has 3 N–H and O–H groups in total. The number of nitrogens with two attached hydrogens (primary N) is 1. The van der Waals surface area contributed by atoms with Gasteiger partial charge in [0.15, 0.2) is 0 Å². The lowest BCUT2D eigenvalue weighted by Gasteiger charge is -2.39. The summed E-state index contributed by atoms with van der Waals surface area (Å²) < 4.78 is 5.27. The molecule has 0 aromatic carbocycles. The zero-order valence-corrected chi connectivity index (χ0v) is 7.97. The highest BCUT2D eigenvalue weighted by Crippen LogP contribution is 2.30. The molecule has 0 amide bonds. The third-order valence-corrected chi connectivity index (χ3v) is 2.74. The van der Waals surface area contributed by atoms with Crippen molar-refractivity contribution in [3.8, 4) is 0 Å². The zero-order valence-electron chi connectivity index (χ0n) is 7.97. The van der Waals surface area contributed by atoms with E-state index in [0.717, 1.165) is 19.4 Å². The van der Waals surface area contributed by atoms with Gasteiger partial charge in [0.2, 0.25) is 0 Å². The SMILES string of the molecule is CC(C)(N)C1(O)CCCOCC1. The van der Waals surface area contributed by atoms with Crippen molar-refractivity contribution >= 4 is 0 Å². The first-order chi connectivity index (χ1) is 5.46. The summed E-state index contributed by atoms with van der Waals surface area (Å²) in [6.45, 7) is 5.12. The van der Waals surface area contributed by atoms with Crippen molar-refractivity contribution in [1.82, 2.24) is 0 Å². The molecule has 1 fully saturated rings. The van der Waals surface area contributed by atoms with Crippen LogP contribution in [0.15, 0.2) is 0 Å². The minimum absolute atomic E-state index is 0.527. The van der Waals surface area contributed by atoms with Gasteiger partial charge in [-0.1, -0.05) is 0 Å². The minimum atomic E-state index is -0.747. The summed E-state index contributed by atoms with van der Waals surface area (Å²) in [5, 5.41) is 10.2. The third kappa shape index (κ3) is 1.97. The highest BCUT2D eigenvalue weighted by atomic mass is 16.5. The number of aliphatic hydroxyl groups is 1. The monoisotopic (exact) mass is 173 g/mol. The quantitative estimate of drug-likeness (QED) is 0.612. The Balaban J connectivity index is 2.67. The van der Waals surface area contributed by atoms with E-state index in [2.05, 4.69) is 0 Å². The van der Waals surface area contributed by atoms with Crippen LogP contribution >= 0.6 is 0 Å². The predicted octanol–water partition coefficient (Wildman–Crippen LogP) is 0.655. The van der Waals surface area contributed by atoms with Crippen LogP contribution in [0, 0.1) is 0 Å². The van der Waals surface area contributed by atoms with Gasteiger partial charge in [0, 0.05) is 25.2 Å². The van der Waals surface area contributed by atoms with E-state index in [0.29, 0.717) is 13.0 Å². The van der Waals surface area contributed by atoms with Crippen molar-refractivity contribution in [3.05, 3.63) is 0 Å². The van der Waals surface area contributed by atoms with Crippen LogP contribution in [0.1, 0.15) is 33.1 Å². The van der Waals surface area contributed by atoms with Gasteiger partial charge in [0.1, 0.15) is 0 Å². The fourth-order valence-electron chi connectivity index (χ4n) is 1.58. The fraction of sp³-hybridized carbons (Fsp3) is 1.00. The molecule has 72 valence electrons. The van der Waals surface area contributed by atoms with Gasteiger partial charge < -0.3 is 15.6 Å². The molecule has 0 aromatic rings. The van der Waals surface area contributed by atoms with Crippen molar-refractivity contribution < 1.29 is 9.84 Å². The van der Waals surface area contributed by atoms with E-state index < -0.39 is 11.1 Å². The number of hydrogen-bond donors (Lipinski definition) is 2. The number of rotatable bonds is 1. The van der Waals surface area contributed by atoms with E-state index in [-0.39, 0.29) is 0 Å². The van der Waals surface area contributed by atoms with Crippen LogP contribution in [0.5, 0.6) is 0 Å². The van der Waals surface area contributed by atoms with Gasteiger partial charge in [-0.2, -0.15) is 0 Å². The first-order valence-electron chi connectivity index (χ1n) is 4.55. The third-order valence-electron chi connectivity index (χ3n) is 2.74. The first kappa shape index (κ1) is 9.96. The van der Waals surface area contributed by atoms with Crippen molar-refractivity contribution in [3.63, 3.8) is 0 Å². The predicted molar refractivity (Wildman–Crippen MR) is 47.9 cm³/mol. The molecule has 1 saturated heterocycles. The first-order valence-corrected chi connectivity index (χ1v) is 4.55. The van der Waals surface area contributed by atoms with Gasteiger partial charge in [0.05, 0.1) is 5.60 Å². The molecule has 1 heterocycles. The normalized spacial score (nSPS) is 33.0. The largest absolute Gasteiger partial charge is 0.388 e. The molecule has 1 unspecified atom stereocenters. The number of hydrogen-bond acceptors (Lipinski definition) is 3. The van der Waals surface area contributed by atoms with Gasteiger partial charge >= 0.3 is 0 Å². The highest BCUT2D eigenvalue weighted by Gasteiger charge is 2.40. The maximum Gasteiger partial charge on any atom is 0.0843 e. The van der Waals surface area contributed by atoms with Crippen LogP contribution in [0.3, 0.4) is 0 Å². The molecule has 0 aliphatic carbocycles. The Labute approximate surface area is 73.9 Å². The smallest absolute Gasteiger partial charge is 0.0843 e. The van der Waals surface area contributed by atoms with Crippen molar-refractivity contribution in [2.45, 2.75) is 44.2 Å². The fourth-order valence-corrected chi connectivity index (χ4v) is 1.58. The minimum Gasteiger partial charge on any atom is -0.388 e. The van der Waals surface area contributed by atoms with Crippen molar-refractivity contribution in [2.24, 2.45) is 5.73 Å². The average Bonchev–Trinajstić information content (AvgIpc) is 2.12. The highest BCUT2D eigenvalue weighted by molar-refractivity contribution is 4.97. The Morgan fingerprint density at radius 1 is 1.33 bits per heavy atom. The molecule has 12 heavy (non-hydrogen) atoms. The molecule has 0 radical (unpaired) electrons. The number of ether oxygens (including phenoxy) is 1. The maximum absolute atomic E-state index is 10.2. The summed E-state index contributed by atoms with van der Waals surface area (Å²) in [4.78, 5) is 0. The van der Waals surface area contributed by atoms with Crippen LogP contribution in [-0.2, 0) is 4.74 Å². The summed E-state index contributed by atoms with van der Waals surface area (Å²) in [5.41, 5.74) is 4.63. The van der Waals surface area contributed by atoms with Gasteiger partial charge in [-0.25, -0.2) is 0 Å². The van der Waals surface area contributed by atoms with E-state index in [1.54, 1.807) is 0 Å². The Morgan fingerprint density at radius 3 is 2.58 bits per heavy atom. The Bertz CT molecular complexity index is 143. The summed E-state index contributed by atoms with van der Waals surface area (Å²) in [6.07, 6.45) is 2.30. The molecule has 0 spiro atoms. The Hall–Kier alpha value is -0.120. The molecular formula is C9H19NO2. The molecule has 1 rings (SSSR count). The van der Waals surface area contributed by atoms with E-state index in [1.165, 1.54) is 0 Å². The lowest BCUT2D eigenvalue weighted by Crippen LogP contribution is -2.56. The van der Waals surface area contributed by atoms with E-state index in [9.17, 15) is 5.11 Å². The van der Waals surface area contributed by atoms with Crippen LogP contribution in [0.4, 0.5) is 0 Å². The Morgan fingerprint density at radius 2 is 2.00 bits per heavy atom. The summed E-state index contributed by atoms with van der Waals surface area (Å²) in [7, 11) is 0. The van der Waals surface area contributed by atoms with Crippen molar-refractivity contribution in [2.75, 3.05) is 13.2 Å². The van der Waals surface area contributed by atoms with Crippen LogP contribution < -0.4 is 5.73 Å². The molecule has 1 aliphatic heterocycles. The second kappa shape index (κ2) is 3.32. The Kier molecular flexibility index (Phi) is 2.76. The average molecular weight is 173 g/mol. The zero-order chi connectivity index (χ0) is 9.24.